The molecule has 0 amide bonds. The van der Waals surface area contributed by atoms with Gasteiger partial charge in [0.05, 0.1) is 0 Å². The van der Waals surface area contributed by atoms with Crippen molar-refractivity contribution in [2.45, 2.75) is 39.3 Å². The van der Waals surface area contributed by atoms with Gasteiger partial charge in [-0.1, -0.05) is 0 Å². The summed E-state index contributed by atoms with van der Waals surface area (Å²) in [4.78, 5) is 0. The molecule has 24 heavy (non-hydrogen) atoms. The van der Waals surface area contributed by atoms with Gasteiger partial charge in [0.25, 0.3) is 0 Å². The summed E-state index contributed by atoms with van der Waals surface area (Å²) in [6.07, 6.45) is 0. The third kappa shape index (κ3) is 2.10. The molecule has 0 saturated carbocycles. The van der Waals surface area contributed by atoms with Gasteiger partial charge in [-0.2, -0.15) is 0 Å². The lowest BCUT2D eigenvalue weighted by atomic mass is 11.8. The predicted molar refractivity (Wildman–Crippen MR) is 112 cm³/mol. The van der Waals surface area contributed by atoms with Crippen LogP contribution >= 0.6 is 0 Å². The van der Waals surface area contributed by atoms with E-state index < -0.39 is 44.1 Å². The van der Waals surface area contributed by atoms with Gasteiger partial charge in [0.15, 0.2) is 0 Å². The van der Waals surface area contributed by atoms with Crippen molar-refractivity contribution < 1.29 is 26.6 Å². The second-order valence-corrected chi connectivity index (χ2v) is 65.6. The molecule has 0 radical (unpaired) electrons. The van der Waals surface area contributed by atoms with E-state index in [0.717, 1.165) is 0 Å². The van der Waals surface area contributed by atoms with Gasteiger partial charge >= 0.3 is 0 Å². The molecule has 1 rings (SSSR count). The standard InChI is InChI=1S/C12H36O6Si6/c1-13-19(7)20(8,14-2)22(10,16-4)24(12,18-6)23(11,17-5)21(19,9)15-3/h1-12H3. The van der Waals surface area contributed by atoms with Crippen molar-refractivity contribution in [1.29, 1.82) is 0 Å². The molecule has 0 aromatic heterocycles. The monoisotopic (exact) mass is 444 g/mol. The largest absolute Gasteiger partial charge is 0.421 e. The number of rotatable bonds is 6. The molecule has 1 fully saturated rings. The van der Waals surface area contributed by atoms with Crippen LogP contribution in [0, 0.1) is 0 Å². The normalized spacial score (nSPS) is 52.5. The Hall–Kier alpha value is 1.06. The molecule has 0 aromatic rings. The molecule has 0 unspecified atom stereocenters. The first-order valence-electron chi connectivity index (χ1n) is 8.17. The van der Waals surface area contributed by atoms with Gasteiger partial charge in [0.1, 0.15) is 0 Å². The highest BCUT2D eigenvalue weighted by atomic mass is 30.2. The van der Waals surface area contributed by atoms with Gasteiger partial charge in [-0.3, -0.25) is 0 Å². The molecule has 6 nitrogen and oxygen atoms in total. The van der Waals surface area contributed by atoms with Crippen molar-refractivity contribution in [3.05, 3.63) is 0 Å². The minimum atomic E-state index is -2.37. The van der Waals surface area contributed by atoms with Crippen LogP contribution in [0.3, 0.4) is 0 Å². The minimum Gasteiger partial charge on any atom is -0.421 e. The highest BCUT2D eigenvalue weighted by Crippen LogP contribution is 2.52. The predicted octanol–water partition coefficient (Wildman–Crippen LogP) is 1.80. The number of hydrogen-bond donors (Lipinski definition) is 0. The zero-order valence-electron chi connectivity index (χ0n) is 17.4. The van der Waals surface area contributed by atoms with Gasteiger partial charge in [0, 0.05) is 42.7 Å². The third-order valence-corrected chi connectivity index (χ3v) is 129. The molecule has 12 heteroatoms. The Bertz CT molecular complexity index is 356. The van der Waals surface area contributed by atoms with Crippen LogP contribution in [-0.2, 0) is 26.6 Å². The average molecular weight is 445 g/mol. The maximum absolute atomic E-state index is 6.41. The van der Waals surface area contributed by atoms with Gasteiger partial charge in [0.2, 0.25) is 44.1 Å². The summed E-state index contributed by atoms with van der Waals surface area (Å²) in [5.41, 5.74) is 0. The highest BCUT2D eigenvalue weighted by molar-refractivity contribution is 8.09. The first kappa shape index (κ1) is 23.1. The summed E-state index contributed by atoms with van der Waals surface area (Å²) in [6, 6.07) is 0. The van der Waals surface area contributed by atoms with Crippen LogP contribution in [-0.4, -0.2) is 86.8 Å². The highest BCUT2D eigenvalue weighted by Gasteiger charge is 2.91. The van der Waals surface area contributed by atoms with E-state index in [4.69, 9.17) is 26.6 Å². The van der Waals surface area contributed by atoms with E-state index in [9.17, 15) is 0 Å². The van der Waals surface area contributed by atoms with Crippen molar-refractivity contribution >= 4 is 44.1 Å². The average Bonchev–Trinajstić information content (AvgIpc) is 2.62. The molecule has 0 aromatic carbocycles. The van der Waals surface area contributed by atoms with Crippen LogP contribution in [0.15, 0.2) is 0 Å². The lowest BCUT2D eigenvalue weighted by Crippen LogP contribution is -3.06. The van der Waals surface area contributed by atoms with Crippen molar-refractivity contribution in [1.82, 2.24) is 0 Å². The minimum absolute atomic E-state index is 1.84. The molecule has 1 aliphatic heterocycles. The molecule has 0 bridgehead atoms. The molecule has 144 valence electrons. The smallest absolute Gasteiger partial charge is 0.225 e. The Balaban J connectivity index is 4.06. The SMILES string of the molecule is CO[Si]1(C)[Si](C)(OC)[Si](C)(OC)[Si](C)(OC)[Si](C)(OC)[Si]1(C)OC. The van der Waals surface area contributed by atoms with Crippen LogP contribution in [0.5, 0.6) is 0 Å². The molecule has 0 atom stereocenters. The maximum atomic E-state index is 6.41. The summed E-state index contributed by atoms with van der Waals surface area (Å²) in [5.74, 6) is 0. The molecule has 1 saturated heterocycles. The van der Waals surface area contributed by atoms with Gasteiger partial charge < -0.3 is 26.6 Å². The van der Waals surface area contributed by atoms with E-state index >= 15 is 0 Å². The fraction of sp³-hybridized carbons (Fsp3) is 1.00. The van der Waals surface area contributed by atoms with Crippen molar-refractivity contribution in [3.8, 4) is 0 Å². The van der Waals surface area contributed by atoms with E-state index in [1.807, 2.05) is 42.7 Å². The van der Waals surface area contributed by atoms with E-state index in [1.54, 1.807) is 0 Å². The van der Waals surface area contributed by atoms with Crippen molar-refractivity contribution in [3.63, 3.8) is 0 Å². The summed E-state index contributed by atoms with van der Waals surface area (Å²) in [6.45, 7) is 13.9. The Morgan fingerprint density at radius 3 is 0.417 bits per heavy atom. The van der Waals surface area contributed by atoms with Crippen LogP contribution in [0.4, 0.5) is 0 Å². The Morgan fingerprint density at radius 1 is 0.292 bits per heavy atom. The molecule has 1 heterocycles. The molecule has 0 N–H and O–H groups in total. The van der Waals surface area contributed by atoms with Gasteiger partial charge in [-0.15, -0.1) is 0 Å². The number of hydrogen-bond acceptors (Lipinski definition) is 6. The summed E-state index contributed by atoms with van der Waals surface area (Å²) in [5, 5.41) is 0. The fourth-order valence-electron chi connectivity index (χ4n) is 5.07. The Kier molecular flexibility index (Phi) is 6.64. The zero-order valence-corrected chi connectivity index (χ0v) is 23.4. The second-order valence-electron chi connectivity index (χ2n) is 7.42. The topological polar surface area (TPSA) is 55.4 Å². The van der Waals surface area contributed by atoms with Gasteiger partial charge in [-0.05, 0) is 39.3 Å². The Morgan fingerprint density at radius 2 is 0.375 bits per heavy atom. The molecule has 0 aliphatic carbocycles. The van der Waals surface area contributed by atoms with E-state index in [2.05, 4.69) is 39.3 Å². The second kappa shape index (κ2) is 6.90. The maximum Gasteiger partial charge on any atom is 0.225 e. The van der Waals surface area contributed by atoms with Crippen molar-refractivity contribution in [2.24, 2.45) is 0 Å². The van der Waals surface area contributed by atoms with E-state index in [-0.39, 0.29) is 0 Å². The molecular formula is C12H36O6Si6. The lowest BCUT2D eigenvalue weighted by molar-refractivity contribution is 0.337. The molecular weight excluding hydrogens is 409 g/mol. The zero-order chi connectivity index (χ0) is 19.2. The first-order chi connectivity index (χ1) is 10.9. The summed E-state index contributed by atoms with van der Waals surface area (Å²) < 4.78 is 38.5. The van der Waals surface area contributed by atoms with Crippen molar-refractivity contribution in [2.75, 3.05) is 42.7 Å². The summed E-state index contributed by atoms with van der Waals surface area (Å²) in [7, 11) is -3.21. The lowest BCUT2D eigenvalue weighted by Gasteiger charge is -2.68. The van der Waals surface area contributed by atoms with Crippen LogP contribution < -0.4 is 0 Å². The van der Waals surface area contributed by atoms with E-state index in [0.29, 0.717) is 0 Å². The van der Waals surface area contributed by atoms with E-state index in [1.165, 1.54) is 0 Å². The quantitative estimate of drug-likeness (QED) is 0.582. The van der Waals surface area contributed by atoms with Crippen LogP contribution in [0.2, 0.25) is 39.3 Å². The first-order valence-corrected chi connectivity index (χ1v) is 28.6. The van der Waals surface area contributed by atoms with Gasteiger partial charge in [-0.25, -0.2) is 0 Å². The fourth-order valence-corrected chi connectivity index (χ4v) is 203. The molecule has 1 aliphatic rings. The Labute approximate surface area is 152 Å². The molecule has 0 spiro atoms. The summed E-state index contributed by atoms with van der Waals surface area (Å²) >= 11 is 0. The third-order valence-electron chi connectivity index (χ3n) is 7.91. The van der Waals surface area contributed by atoms with Crippen LogP contribution in [0.1, 0.15) is 0 Å². The van der Waals surface area contributed by atoms with Crippen LogP contribution in [0.25, 0.3) is 0 Å².